The van der Waals surface area contributed by atoms with E-state index in [9.17, 15) is 18.0 Å². The topological polar surface area (TPSA) is 26.3 Å². The Labute approximate surface area is 123 Å². The number of carbonyl (C=O) groups excluding carboxylic acids is 1. The molecule has 2 aromatic carbocycles. The van der Waals surface area contributed by atoms with Crippen LogP contribution in [0.5, 0.6) is 5.75 Å². The maximum Gasteiger partial charge on any atom is 0.176 e. The van der Waals surface area contributed by atoms with Crippen molar-refractivity contribution in [2.75, 3.05) is 12.9 Å². The summed E-state index contributed by atoms with van der Waals surface area (Å²) < 4.78 is 44.1. The first-order chi connectivity index (χ1) is 10.0. The highest BCUT2D eigenvalue weighted by atomic mass is 32.2. The predicted octanol–water partition coefficient (Wildman–Crippen LogP) is 4.09. The molecule has 6 heteroatoms. The molecule has 0 radical (unpaired) electrons. The zero-order chi connectivity index (χ0) is 15.4. The van der Waals surface area contributed by atoms with E-state index in [0.717, 1.165) is 30.0 Å². The van der Waals surface area contributed by atoms with Gasteiger partial charge in [-0.15, -0.1) is 11.8 Å². The molecular formula is C15H11F3O2S. The molecule has 2 nitrogen and oxygen atoms in total. The van der Waals surface area contributed by atoms with Gasteiger partial charge in [0.1, 0.15) is 11.6 Å². The Bertz CT molecular complexity index is 674. The fourth-order valence-electron chi connectivity index (χ4n) is 1.69. The summed E-state index contributed by atoms with van der Waals surface area (Å²) in [6, 6.07) is 7.02. The van der Waals surface area contributed by atoms with Crippen LogP contribution in [0.4, 0.5) is 13.2 Å². The lowest BCUT2D eigenvalue weighted by Gasteiger charge is -2.07. The highest BCUT2D eigenvalue weighted by molar-refractivity contribution is 8.00. The van der Waals surface area contributed by atoms with Gasteiger partial charge in [-0.3, -0.25) is 4.79 Å². The lowest BCUT2D eigenvalue weighted by Crippen LogP contribution is -2.05. The molecule has 0 atom stereocenters. The second-order valence-corrected chi connectivity index (χ2v) is 5.18. The molecule has 0 aliphatic heterocycles. The number of hydrogen-bond acceptors (Lipinski definition) is 3. The maximum atomic E-state index is 13.2. The summed E-state index contributed by atoms with van der Waals surface area (Å²) in [6.07, 6.45) is 0. The van der Waals surface area contributed by atoms with Crippen LogP contribution < -0.4 is 4.74 Å². The van der Waals surface area contributed by atoms with Crippen LogP contribution in [0.15, 0.2) is 41.3 Å². The average molecular weight is 312 g/mol. The van der Waals surface area contributed by atoms with Gasteiger partial charge in [0.05, 0.1) is 18.4 Å². The Morgan fingerprint density at radius 1 is 1.10 bits per heavy atom. The molecule has 2 rings (SSSR count). The number of halogens is 3. The molecule has 0 amide bonds. The van der Waals surface area contributed by atoms with E-state index in [0.29, 0.717) is 4.90 Å². The van der Waals surface area contributed by atoms with E-state index in [-0.39, 0.29) is 22.8 Å². The fourth-order valence-corrected chi connectivity index (χ4v) is 2.50. The van der Waals surface area contributed by atoms with E-state index < -0.39 is 17.5 Å². The normalized spacial score (nSPS) is 10.5. The van der Waals surface area contributed by atoms with E-state index >= 15 is 0 Å². The smallest absolute Gasteiger partial charge is 0.176 e. The largest absolute Gasteiger partial charge is 0.496 e. The second-order valence-electron chi connectivity index (χ2n) is 4.13. The molecule has 0 heterocycles. The van der Waals surface area contributed by atoms with Gasteiger partial charge < -0.3 is 4.74 Å². The molecule has 2 aromatic rings. The van der Waals surface area contributed by atoms with Crippen LogP contribution in [0.3, 0.4) is 0 Å². The summed E-state index contributed by atoms with van der Waals surface area (Å²) in [5.74, 6) is -2.59. The van der Waals surface area contributed by atoms with Crippen LogP contribution in [-0.2, 0) is 0 Å². The van der Waals surface area contributed by atoms with Crippen LogP contribution in [0.1, 0.15) is 10.4 Å². The molecule has 110 valence electrons. The standard InChI is InChI=1S/C15H11F3O2S/c1-20-15-5-2-9(16)6-11(15)14(19)8-21-10-3-4-12(17)13(18)7-10/h2-7H,8H2,1H3. The van der Waals surface area contributed by atoms with Gasteiger partial charge in [0.15, 0.2) is 17.4 Å². The van der Waals surface area contributed by atoms with E-state index in [4.69, 9.17) is 4.74 Å². The molecule has 0 saturated carbocycles. The van der Waals surface area contributed by atoms with E-state index in [2.05, 4.69) is 0 Å². The van der Waals surface area contributed by atoms with Crippen molar-refractivity contribution in [3.05, 3.63) is 59.4 Å². The summed E-state index contributed by atoms with van der Waals surface area (Å²) in [6.45, 7) is 0. The molecule has 0 aromatic heterocycles. The van der Waals surface area contributed by atoms with Gasteiger partial charge in [-0.2, -0.15) is 0 Å². The lowest BCUT2D eigenvalue weighted by molar-refractivity contribution is 0.101. The maximum absolute atomic E-state index is 13.2. The van der Waals surface area contributed by atoms with Crippen LogP contribution >= 0.6 is 11.8 Å². The number of carbonyl (C=O) groups is 1. The highest BCUT2D eigenvalue weighted by Crippen LogP contribution is 2.25. The highest BCUT2D eigenvalue weighted by Gasteiger charge is 2.14. The van der Waals surface area contributed by atoms with Crippen molar-refractivity contribution in [2.24, 2.45) is 0 Å². The number of Topliss-reactive ketones (excluding diaryl/α,β-unsaturated/α-hetero) is 1. The summed E-state index contributed by atoms with van der Waals surface area (Å²) in [5, 5.41) is 0. The second kappa shape index (κ2) is 6.67. The Morgan fingerprint density at radius 2 is 1.86 bits per heavy atom. The van der Waals surface area contributed by atoms with Crippen molar-refractivity contribution in [3.8, 4) is 5.75 Å². The molecule has 21 heavy (non-hydrogen) atoms. The number of benzene rings is 2. The molecule has 0 aliphatic rings. The van der Waals surface area contributed by atoms with Crippen molar-refractivity contribution in [1.82, 2.24) is 0 Å². The first-order valence-corrected chi connectivity index (χ1v) is 6.94. The third-order valence-corrected chi connectivity index (χ3v) is 3.72. The molecule has 0 unspecified atom stereocenters. The number of thioether (sulfide) groups is 1. The average Bonchev–Trinajstić information content (AvgIpc) is 2.48. The number of methoxy groups -OCH3 is 1. The molecule has 0 spiro atoms. The Hall–Kier alpha value is -1.95. The Balaban J connectivity index is 2.11. The van der Waals surface area contributed by atoms with Crippen LogP contribution in [0.25, 0.3) is 0 Å². The third-order valence-electron chi connectivity index (χ3n) is 2.72. The molecule has 0 fully saturated rings. The SMILES string of the molecule is COc1ccc(F)cc1C(=O)CSc1ccc(F)c(F)c1. The minimum Gasteiger partial charge on any atom is -0.496 e. The Morgan fingerprint density at radius 3 is 2.52 bits per heavy atom. The number of rotatable bonds is 5. The third kappa shape index (κ3) is 3.78. The van der Waals surface area contributed by atoms with Crippen molar-refractivity contribution in [3.63, 3.8) is 0 Å². The zero-order valence-electron chi connectivity index (χ0n) is 11.0. The summed E-state index contributed by atoms with van der Waals surface area (Å²) in [5.41, 5.74) is 0.118. The minimum atomic E-state index is -0.976. The summed E-state index contributed by atoms with van der Waals surface area (Å²) >= 11 is 1.04. The van der Waals surface area contributed by atoms with E-state index in [1.807, 2.05) is 0 Å². The van der Waals surface area contributed by atoms with Crippen LogP contribution in [-0.4, -0.2) is 18.6 Å². The van der Waals surface area contributed by atoms with Gasteiger partial charge in [-0.25, -0.2) is 13.2 Å². The molecular weight excluding hydrogens is 301 g/mol. The van der Waals surface area contributed by atoms with Crippen LogP contribution in [0.2, 0.25) is 0 Å². The zero-order valence-corrected chi connectivity index (χ0v) is 11.8. The van der Waals surface area contributed by atoms with Gasteiger partial charge in [0.2, 0.25) is 0 Å². The van der Waals surface area contributed by atoms with Gasteiger partial charge in [0.25, 0.3) is 0 Å². The minimum absolute atomic E-state index is 0.0368. The van der Waals surface area contributed by atoms with Gasteiger partial charge in [-0.05, 0) is 36.4 Å². The van der Waals surface area contributed by atoms with Crippen molar-refractivity contribution in [1.29, 1.82) is 0 Å². The van der Waals surface area contributed by atoms with E-state index in [1.54, 1.807) is 0 Å². The number of ketones is 1. The van der Waals surface area contributed by atoms with E-state index in [1.165, 1.54) is 25.3 Å². The molecule has 0 N–H and O–H groups in total. The van der Waals surface area contributed by atoms with Crippen molar-refractivity contribution < 1.29 is 22.7 Å². The van der Waals surface area contributed by atoms with Gasteiger partial charge >= 0.3 is 0 Å². The molecule has 0 bridgehead atoms. The lowest BCUT2D eigenvalue weighted by atomic mass is 10.1. The molecule has 0 saturated heterocycles. The summed E-state index contributed by atoms with van der Waals surface area (Å²) in [4.78, 5) is 12.5. The van der Waals surface area contributed by atoms with Crippen molar-refractivity contribution in [2.45, 2.75) is 4.90 Å². The number of ether oxygens (including phenoxy) is 1. The van der Waals surface area contributed by atoms with Crippen molar-refractivity contribution >= 4 is 17.5 Å². The van der Waals surface area contributed by atoms with Crippen LogP contribution in [0, 0.1) is 17.5 Å². The first kappa shape index (κ1) is 15.4. The monoisotopic (exact) mass is 312 g/mol. The number of hydrogen-bond donors (Lipinski definition) is 0. The van der Waals surface area contributed by atoms with Gasteiger partial charge in [0, 0.05) is 4.90 Å². The quantitative estimate of drug-likeness (QED) is 0.614. The first-order valence-electron chi connectivity index (χ1n) is 5.96. The Kier molecular flexibility index (Phi) is 4.90. The fraction of sp³-hybridized carbons (Fsp3) is 0.133. The predicted molar refractivity (Wildman–Crippen MR) is 74.4 cm³/mol. The van der Waals surface area contributed by atoms with Gasteiger partial charge in [-0.1, -0.05) is 0 Å². The summed E-state index contributed by atoms with van der Waals surface area (Å²) in [7, 11) is 1.38. The molecule has 0 aliphatic carbocycles.